The molecule has 0 saturated carbocycles. The predicted octanol–water partition coefficient (Wildman–Crippen LogP) is 3.75. The number of benzene rings is 3. The van der Waals surface area contributed by atoms with Gasteiger partial charge in [-0.25, -0.2) is 0 Å². The Balaban J connectivity index is 2.07. The summed E-state index contributed by atoms with van der Waals surface area (Å²) >= 11 is 0. The molecular formula is C22H23NO. The molecule has 24 heavy (non-hydrogen) atoms. The van der Waals surface area contributed by atoms with Gasteiger partial charge in [0.1, 0.15) is 0 Å². The Bertz CT molecular complexity index is 701. The molecule has 0 spiro atoms. The number of likely N-dealkylation sites (N-methyl/N-ethyl adjacent to an activating group) is 1. The summed E-state index contributed by atoms with van der Waals surface area (Å²) in [6.07, 6.45) is -0.0273. The summed E-state index contributed by atoms with van der Waals surface area (Å²) in [4.78, 5) is 0. The highest BCUT2D eigenvalue weighted by atomic mass is 16.3. The zero-order valence-electron chi connectivity index (χ0n) is 13.9. The Hall–Kier alpha value is -2.42. The van der Waals surface area contributed by atoms with Gasteiger partial charge in [0, 0.05) is 6.42 Å². The second-order valence-corrected chi connectivity index (χ2v) is 6.00. The molecule has 0 aliphatic heterocycles. The number of rotatable bonds is 6. The van der Waals surface area contributed by atoms with Gasteiger partial charge in [-0.05, 0) is 23.7 Å². The first kappa shape index (κ1) is 16.4. The number of hydrogen-bond donors (Lipinski definition) is 2. The largest absolute Gasteiger partial charge is 0.390 e. The first-order valence-electron chi connectivity index (χ1n) is 8.29. The van der Waals surface area contributed by atoms with E-state index in [-0.39, 0.29) is 0 Å². The molecule has 122 valence electrons. The highest BCUT2D eigenvalue weighted by Gasteiger charge is 2.39. The summed E-state index contributed by atoms with van der Waals surface area (Å²) in [7, 11) is 1.91. The van der Waals surface area contributed by atoms with Crippen LogP contribution in [0.5, 0.6) is 0 Å². The van der Waals surface area contributed by atoms with Crippen molar-refractivity contribution < 1.29 is 5.11 Å². The lowest BCUT2D eigenvalue weighted by atomic mass is 9.76. The Morgan fingerprint density at radius 1 is 0.750 bits per heavy atom. The zero-order valence-corrected chi connectivity index (χ0v) is 13.9. The van der Waals surface area contributed by atoms with Gasteiger partial charge in [0.15, 0.2) is 0 Å². The molecule has 0 aliphatic rings. The molecule has 3 aromatic carbocycles. The smallest absolute Gasteiger partial charge is 0.0954 e. The van der Waals surface area contributed by atoms with Crippen molar-refractivity contribution in [3.8, 4) is 0 Å². The summed E-state index contributed by atoms with van der Waals surface area (Å²) < 4.78 is 0. The second-order valence-electron chi connectivity index (χ2n) is 6.00. The van der Waals surface area contributed by atoms with Gasteiger partial charge >= 0.3 is 0 Å². The van der Waals surface area contributed by atoms with Crippen LogP contribution in [0.4, 0.5) is 0 Å². The number of nitrogens with one attached hydrogen (secondary N) is 1. The van der Waals surface area contributed by atoms with E-state index < -0.39 is 11.6 Å². The van der Waals surface area contributed by atoms with Gasteiger partial charge in [-0.15, -0.1) is 0 Å². The van der Waals surface area contributed by atoms with Gasteiger partial charge in [0.25, 0.3) is 0 Å². The summed E-state index contributed by atoms with van der Waals surface area (Å²) in [5.74, 6) is 0. The van der Waals surface area contributed by atoms with Crippen molar-refractivity contribution in [1.82, 2.24) is 5.32 Å². The van der Waals surface area contributed by atoms with Crippen LogP contribution < -0.4 is 5.32 Å². The summed E-state index contributed by atoms with van der Waals surface area (Å²) in [6, 6.07) is 30.4. The van der Waals surface area contributed by atoms with E-state index in [1.165, 1.54) is 0 Å². The van der Waals surface area contributed by atoms with E-state index in [0.717, 1.165) is 16.7 Å². The molecule has 2 N–H and O–H groups in total. The zero-order chi connectivity index (χ0) is 16.8. The van der Waals surface area contributed by atoms with E-state index in [2.05, 4.69) is 41.7 Å². The van der Waals surface area contributed by atoms with Crippen LogP contribution in [0.3, 0.4) is 0 Å². The SMILES string of the molecule is CNC(c1ccccc1)(c1ccccc1)C(O)Cc1ccccc1. The van der Waals surface area contributed by atoms with Crippen molar-refractivity contribution in [2.75, 3.05) is 7.05 Å². The van der Waals surface area contributed by atoms with Crippen LogP contribution in [-0.4, -0.2) is 18.3 Å². The minimum atomic E-state index is -0.654. The van der Waals surface area contributed by atoms with Gasteiger partial charge in [-0.2, -0.15) is 0 Å². The summed E-state index contributed by atoms with van der Waals surface area (Å²) in [5.41, 5.74) is 2.58. The molecule has 1 atom stereocenters. The molecule has 0 heterocycles. The Kier molecular flexibility index (Phi) is 5.09. The average molecular weight is 317 g/mol. The predicted molar refractivity (Wildman–Crippen MR) is 98.9 cm³/mol. The van der Waals surface area contributed by atoms with Gasteiger partial charge in [-0.1, -0.05) is 91.0 Å². The first-order valence-corrected chi connectivity index (χ1v) is 8.29. The normalized spacial score (nSPS) is 12.8. The van der Waals surface area contributed by atoms with Crippen molar-refractivity contribution in [1.29, 1.82) is 0 Å². The molecule has 0 fully saturated rings. The Morgan fingerprint density at radius 2 is 1.17 bits per heavy atom. The minimum absolute atomic E-state index is 0.575. The van der Waals surface area contributed by atoms with Crippen LogP contribution in [-0.2, 0) is 12.0 Å². The third kappa shape index (κ3) is 3.12. The fourth-order valence-corrected chi connectivity index (χ4v) is 3.40. The molecule has 0 saturated heterocycles. The van der Waals surface area contributed by atoms with E-state index in [1.807, 2.05) is 61.6 Å². The fourth-order valence-electron chi connectivity index (χ4n) is 3.40. The maximum absolute atomic E-state index is 11.3. The Morgan fingerprint density at radius 3 is 1.58 bits per heavy atom. The number of hydrogen-bond acceptors (Lipinski definition) is 2. The molecule has 0 radical (unpaired) electrons. The van der Waals surface area contributed by atoms with E-state index in [9.17, 15) is 5.11 Å². The Labute approximate surface area is 143 Å². The maximum atomic E-state index is 11.3. The number of aliphatic hydroxyl groups excluding tert-OH is 1. The van der Waals surface area contributed by atoms with Crippen molar-refractivity contribution in [3.05, 3.63) is 108 Å². The quantitative estimate of drug-likeness (QED) is 0.725. The first-order chi connectivity index (χ1) is 11.8. The summed E-state index contributed by atoms with van der Waals surface area (Å²) in [6.45, 7) is 0. The molecular weight excluding hydrogens is 294 g/mol. The van der Waals surface area contributed by atoms with E-state index >= 15 is 0 Å². The van der Waals surface area contributed by atoms with E-state index in [0.29, 0.717) is 6.42 Å². The van der Waals surface area contributed by atoms with Crippen LogP contribution in [0, 0.1) is 0 Å². The van der Waals surface area contributed by atoms with Gasteiger partial charge in [0.05, 0.1) is 11.6 Å². The lowest BCUT2D eigenvalue weighted by Crippen LogP contribution is -2.52. The van der Waals surface area contributed by atoms with Gasteiger partial charge < -0.3 is 10.4 Å². The molecule has 0 aliphatic carbocycles. The molecule has 0 bridgehead atoms. The highest BCUT2D eigenvalue weighted by molar-refractivity contribution is 5.40. The second kappa shape index (κ2) is 7.43. The molecule has 2 nitrogen and oxygen atoms in total. The maximum Gasteiger partial charge on any atom is 0.0954 e. The summed E-state index contributed by atoms with van der Waals surface area (Å²) in [5, 5.41) is 14.7. The van der Waals surface area contributed by atoms with Crippen LogP contribution in [0.25, 0.3) is 0 Å². The lowest BCUT2D eigenvalue weighted by Gasteiger charge is -2.39. The molecule has 1 unspecified atom stereocenters. The lowest BCUT2D eigenvalue weighted by molar-refractivity contribution is 0.0861. The monoisotopic (exact) mass is 317 g/mol. The minimum Gasteiger partial charge on any atom is -0.390 e. The van der Waals surface area contributed by atoms with Crippen molar-refractivity contribution in [2.45, 2.75) is 18.1 Å². The average Bonchev–Trinajstić information content (AvgIpc) is 2.65. The van der Waals surface area contributed by atoms with Gasteiger partial charge in [-0.3, -0.25) is 0 Å². The molecule has 2 heteroatoms. The number of aliphatic hydroxyl groups is 1. The third-order valence-electron chi connectivity index (χ3n) is 4.62. The molecule has 3 rings (SSSR count). The van der Waals surface area contributed by atoms with E-state index in [4.69, 9.17) is 0 Å². The molecule has 0 amide bonds. The van der Waals surface area contributed by atoms with Crippen molar-refractivity contribution >= 4 is 0 Å². The van der Waals surface area contributed by atoms with Crippen molar-refractivity contribution in [3.63, 3.8) is 0 Å². The topological polar surface area (TPSA) is 32.3 Å². The van der Waals surface area contributed by atoms with Crippen LogP contribution in [0.15, 0.2) is 91.0 Å². The van der Waals surface area contributed by atoms with Gasteiger partial charge in [0.2, 0.25) is 0 Å². The molecule has 3 aromatic rings. The van der Waals surface area contributed by atoms with E-state index in [1.54, 1.807) is 0 Å². The third-order valence-corrected chi connectivity index (χ3v) is 4.62. The highest BCUT2D eigenvalue weighted by Crippen LogP contribution is 2.34. The fraction of sp³-hybridized carbons (Fsp3) is 0.182. The van der Waals surface area contributed by atoms with Crippen LogP contribution >= 0.6 is 0 Å². The van der Waals surface area contributed by atoms with Crippen LogP contribution in [0.1, 0.15) is 16.7 Å². The van der Waals surface area contributed by atoms with Crippen LogP contribution in [0.2, 0.25) is 0 Å². The van der Waals surface area contributed by atoms with Crippen molar-refractivity contribution in [2.24, 2.45) is 0 Å². The standard InChI is InChI=1S/C22H23NO/c1-23-22(19-13-7-3-8-14-19,20-15-9-4-10-16-20)21(24)17-18-11-5-2-6-12-18/h2-16,21,23-24H,17H2,1H3. The molecule has 0 aromatic heterocycles.